The zero-order valence-electron chi connectivity index (χ0n) is 11.5. The number of hydrogen-bond donors (Lipinski definition) is 1. The van der Waals surface area contributed by atoms with Crippen molar-refractivity contribution in [2.75, 3.05) is 31.9 Å². The molecule has 0 aromatic heterocycles. The summed E-state index contributed by atoms with van der Waals surface area (Å²) >= 11 is 0. The van der Waals surface area contributed by atoms with Crippen molar-refractivity contribution < 1.29 is 8.42 Å². The van der Waals surface area contributed by atoms with E-state index in [1.807, 2.05) is 11.0 Å². The third-order valence-electron chi connectivity index (χ3n) is 3.47. The van der Waals surface area contributed by atoms with Crippen molar-refractivity contribution in [3.05, 3.63) is 29.8 Å². The summed E-state index contributed by atoms with van der Waals surface area (Å²) in [6.07, 6.45) is 0. The Balaban J connectivity index is 2.07. The lowest BCUT2D eigenvalue weighted by atomic mass is 10.2. The first-order chi connectivity index (χ1) is 10.1. The second kappa shape index (κ2) is 6.68. The Bertz CT molecular complexity index is 688. The van der Waals surface area contributed by atoms with E-state index in [9.17, 15) is 8.42 Å². The van der Waals surface area contributed by atoms with Crippen LogP contribution >= 0.6 is 0 Å². The summed E-state index contributed by atoms with van der Waals surface area (Å²) in [6, 6.07) is 9.83. The number of piperazine rings is 1. The van der Waals surface area contributed by atoms with Crippen LogP contribution in [-0.4, -0.2) is 51.3 Å². The minimum absolute atomic E-state index is 0.0555. The molecule has 1 aromatic carbocycles. The largest absolute Gasteiger partial charge is 0.313 e. The molecule has 1 atom stereocenters. The minimum atomic E-state index is -3.45. The van der Waals surface area contributed by atoms with Crippen molar-refractivity contribution in [1.82, 2.24) is 10.2 Å². The van der Waals surface area contributed by atoms with Crippen molar-refractivity contribution in [3.8, 4) is 12.1 Å². The van der Waals surface area contributed by atoms with Gasteiger partial charge < -0.3 is 5.32 Å². The number of rotatable bonds is 4. The molecule has 1 unspecified atom stereocenters. The van der Waals surface area contributed by atoms with E-state index in [0.717, 1.165) is 6.54 Å². The fraction of sp³-hybridized carbons (Fsp3) is 0.429. The third-order valence-corrected chi connectivity index (χ3v) is 5.16. The van der Waals surface area contributed by atoms with Gasteiger partial charge in [-0.25, -0.2) is 8.42 Å². The molecule has 0 saturated carbocycles. The highest BCUT2D eigenvalue weighted by atomic mass is 32.2. The molecule has 0 amide bonds. The van der Waals surface area contributed by atoms with Gasteiger partial charge in [0.05, 0.1) is 28.4 Å². The van der Waals surface area contributed by atoms with E-state index in [1.54, 1.807) is 12.1 Å². The van der Waals surface area contributed by atoms with Crippen LogP contribution in [0.2, 0.25) is 0 Å². The summed E-state index contributed by atoms with van der Waals surface area (Å²) in [4.78, 5) is 2.03. The Morgan fingerprint density at radius 3 is 2.90 bits per heavy atom. The van der Waals surface area contributed by atoms with E-state index in [0.29, 0.717) is 25.2 Å². The Labute approximate surface area is 124 Å². The van der Waals surface area contributed by atoms with Gasteiger partial charge in [0, 0.05) is 26.2 Å². The molecule has 1 aromatic rings. The Morgan fingerprint density at radius 1 is 1.38 bits per heavy atom. The first-order valence-electron chi connectivity index (χ1n) is 6.64. The SMILES string of the molecule is N#Cc1cccc(S(=O)(=O)CCN2CCNCC2C#N)c1. The molecule has 6 nitrogen and oxygen atoms in total. The summed E-state index contributed by atoms with van der Waals surface area (Å²) in [7, 11) is -3.45. The molecular weight excluding hydrogens is 288 g/mol. The maximum atomic E-state index is 12.3. The molecule has 0 bridgehead atoms. The van der Waals surface area contributed by atoms with Crippen molar-refractivity contribution in [3.63, 3.8) is 0 Å². The lowest BCUT2D eigenvalue weighted by Gasteiger charge is -2.31. The van der Waals surface area contributed by atoms with Crippen LogP contribution in [0.1, 0.15) is 5.56 Å². The summed E-state index contributed by atoms with van der Waals surface area (Å²) < 4.78 is 24.6. The van der Waals surface area contributed by atoms with Crippen molar-refractivity contribution in [2.45, 2.75) is 10.9 Å². The lowest BCUT2D eigenvalue weighted by Crippen LogP contribution is -2.51. The molecule has 1 heterocycles. The van der Waals surface area contributed by atoms with E-state index in [4.69, 9.17) is 10.5 Å². The Morgan fingerprint density at radius 2 is 2.19 bits per heavy atom. The number of nitriles is 2. The molecule has 1 aliphatic rings. The van der Waals surface area contributed by atoms with Crippen molar-refractivity contribution in [2.24, 2.45) is 0 Å². The van der Waals surface area contributed by atoms with E-state index in [1.165, 1.54) is 12.1 Å². The third kappa shape index (κ3) is 3.79. The molecular formula is C14H16N4O2S. The highest BCUT2D eigenvalue weighted by Crippen LogP contribution is 2.14. The highest BCUT2D eigenvalue weighted by molar-refractivity contribution is 7.91. The van der Waals surface area contributed by atoms with Crippen LogP contribution in [0.25, 0.3) is 0 Å². The maximum absolute atomic E-state index is 12.3. The van der Waals surface area contributed by atoms with Gasteiger partial charge in [-0.3, -0.25) is 4.90 Å². The van der Waals surface area contributed by atoms with Gasteiger partial charge in [-0.1, -0.05) is 6.07 Å². The first-order valence-corrected chi connectivity index (χ1v) is 8.29. The predicted molar refractivity (Wildman–Crippen MR) is 77.1 cm³/mol. The Kier molecular flexibility index (Phi) is 4.92. The number of hydrogen-bond acceptors (Lipinski definition) is 6. The van der Waals surface area contributed by atoms with Crippen LogP contribution in [0.15, 0.2) is 29.2 Å². The molecule has 1 aliphatic heterocycles. The molecule has 0 spiro atoms. The lowest BCUT2D eigenvalue weighted by molar-refractivity contribution is 0.208. The number of sulfone groups is 1. The van der Waals surface area contributed by atoms with Gasteiger partial charge in [-0.2, -0.15) is 10.5 Å². The number of nitrogens with one attached hydrogen (secondary N) is 1. The summed E-state index contributed by atoms with van der Waals surface area (Å²) in [5.41, 5.74) is 0.327. The van der Waals surface area contributed by atoms with Gasteiger partial charge in [-0.15, -0.1) is 0 Å². The van der Waals surface area contributed by atoms with Gasteiger partial charge in [0.1, 0.15) is 6.04 Å². The zero-order chi connectivity index (χ0) is 15.3. The fourth-order valence-corrected chi connectivity index (χ4v) is 3.56. The van der Waals surface area contributed by atoms with Crippen molar-refractivity contribution in [1.29, 1.82) is 10.5 Å². The second-order valence-corrected chi connectivity index (χ2v) is 6.95. The van der Waals surface area contributed by atoms with E-state index < -0.39 is 9.84 Å². The van der Waals surface area contributed by atoms with Crippen LogP contribution in [0.3, 0.4) is 0 Å². The molecule has 1 fully saturated rings. The van der Waals surface area contributed by atoms with E-state index in [2.05, 4.69) is 11.4 Å². The van der Waals surface area contributed by atoms with E-state index >= 15 is 0 Å². The van der Waals surface area contributed by atoms with Crippen LogP contribution in [0, 0.1) is 22.7 Å². The summed E-state index contributed by atoms with van der Waals surface area (Å²) in [6.45, 7) is 2.29. The molecule has 7 heteroatoms. The normalized spacial score (nSPS) is 19.6. The molecule has 110 valence electrons. The van der Waals surface area contributed by atoms with E-state index in [-0.39, 0.29) is 16.7 Å². The predicted octanol–water partition coefficient (Wildman–Crippen LogP) is 0.129. The zero-order valence-corrected chi connectivity index (χ0v) is 12.3. The average molecular weight is 304 g/mol. The summed E-state index contributed by atoms with van der Waals surface area (Å²) in [5, 5.41) is 21.0. The van der Waals surface area contributed by atoms with Crippen molar-refractivity contribution >= 4 is 9.84 Å². The smallest absolute Gasteiger partial charge is 0.179 e. The minimum Gasteiger partial charge on any atom is -0.313 e. The Hall–Kier alpha value is -1.93. The quantitative estimate of drug-likeness (QED) is 0.849. The maximum Gasteiger partial charge on any atom is 0.179 e. The highest BCUT2D eigenvalue weighted by Gasteiger charge is 2.24. The van der Waals surface area contributed by atoms with Crippen LogP contribution in [0.4, 0.5) is 0 Å². The fourth-order valence-electron chi connectivity index (χ4n) is 2.26. The molecule has 0 radical (unpaired) electrons. The van der Waals surface area contributed by atoms with Crippen LogP contribution in [0.5, 0.6) is 0 Å². The molecule has 0 aliphatic carbocycles. The number of benzene rings is 1. The molecule has 2 rings (SSSR count). The molecule has 1 N–H and O–H groups in total. The molecule has 21 heavy (non-hydrogen) atoms. The molecule has 1 saturated heterocycles. The van der Waals surface area contributed by atoms with Gasteiger partial charge in [0.15, 0.2) is 9.84 Å². The first kappa shape index (κ1) is 15.5. The topological polar surface area (TPSA) is 97.0 Å². The monoisotopic (exact) mass is 304 g/mol. The number of nitrogens with zero attached hydrogens (tertiary/aromatic N) is 3. The van der Waals surface area contributed by atoms with Crippen LogP contribution in [-0.2, 0) is 9.84 Å². The average Bonchev–Trinajstić information content (AvgIpc) is 2.53. The van der Waals surface area contributed by atoms with Gasteiger partial charge in [0.25, 0.3) is 0 Å². The standard InChI is InChI=1S/C14H16N4O2S/c15-9-12-2-1-3-14(8-12)21(19,20)7-6-18-5-4-17-11-13(18)10-16/h1-3,8,13,17H,4-7,11H2. The van der Waals surface area contributed by atoms with Crippen LogP contribution < -0.4 is 5.32 Å². The van der Waals surface area contributed by atoms with Gasteiger partial charge >= 0.3 is 0 Å². The summed E-state index contributed by atoms with van der Waals surface area (Å²) in [5.74, 6) is -0.0555. The second-order valence-electron chi connectivity index (χ2n) is 4.84. The van der Waals surface area contributed by atoms with Gasteiger partial charge in [0.2, 0.25) is 0 Å². The van der Waals surface area contributed by atoms with Gasteiger partial charge in [-0.05, 0) is 18.2 Å².